The molecule has 0 atom stereocenters. The Morgan fingerprint density at radius 2 is 1.81 bits per heavy atom. The molecule has 0 aliphatic rings. The summed E-state index contributed by atoms with van der Waals surface area (Å²) in [5, 5.41) is 6.43. The van der Waals surface area contributed by atoms with Crippen molar-refractivity contribution in [2.24, 2.45) is 4.99 Å². The third-order valence-electron chi connectivity index (χ3n) is 3.84. The van der Waals surface area contributed by atoms with Gasteiger partial charge in [0.15, 0.2) is 17.5 Å². The van der Waals surface area contributed by atoms with Gasteiger partial charge in [0, 0.05) is 20.1 Å². The third kappa shape index (κ3) is 5.95. The zero-order chi connectivity index (χ0) is 18.8. The van der Waals surface area contributed by atoms with Gasteiger partial charge in [-0.2, -0.15) is 0 Å². The summed E-state index contributed by atoms with van der Waals surface area (Å²) in [6.45, 7) is 3.49. The zero-order valence-corrected chi connectivity index (χ0v) is 15.5. The van der Waals surface area contributed by atoms with Gasteiger partial charge in [-0.15, -0.1) is 0 Å². The maximum atomic E-state index is 13.9. The molecule has 2 aromatic rings. The van der Waals surface area contributed by atoms with Crippen molar-refractivity contribution >= 4 is 5.96 Å². The van der Waals surface area contributed by atoms with Crippen molar-refractivity contribution in [3.63, 3.8) is 0 Å². The van der Waals surface area contributed by atoms with Crippen LogP contribution in [0.3, 0.4) is 0 Å². The molecule has 140 valence electrons. The van der Waals surface area contributed by atoms with E-state index in [1.165, 1.54) is 11.6 Å². The van der Waals surface area contributed by atoms with Crippen molar-refractivity contribution in [2.75, 3.05) is 27.3 Å². The lowest BCUT2D eigenvalue weighted by atomic mass is 10.1. The third-order valence-corrected chi connectivity index (χ3v) is 3.84. The predicted molar refractivity (Wildman–Crippen MR) is 102 cm³/mol. The monoisotopic (exact) mass is 359 g/mol. The fraction of sp³-hybridized carbons (Fsp3) is 0.350. The van der Waals surface area contributed by atoms with Crippen LogP contribution in [-0.4, -0.2) is 33.3 Å². The molecular formula is C20H26FN3O2. The Morgan fingerprint density at radius 3 is 2.42 bits per heavy atom. The summed E-state index contributed by atoms with van der Waals surface area (Å²) in [5.41, 5.74) is 2.03. The normalized spacial score (nSPS) is 11.2. The van der Waals surface area contributed by atoms with Gasteiger partial charge in [-0.05, 0) is 48.7 Å². The molecule has 0 saturated carbocycles. The lowest BCUT2D eigenvalue weighted by Crippen LogP contribution is -2.37. The van der Waals surface area contributed by atoms with E-state index in [-0.39, 0.29) is 11.6 Å². The van der Waals surface area contributed by atoms with Gasteiger partial charge in [0.1, 0.15) is 5.75 Å². The smallest absolute Gasteiger partial charge is 0.191 e. The second-order valence-electron chi connectivity index (χ2n) is 5.65. The van der Waals surface area contributed by atoms with E-state index >= 15 is 0 Å². The molecule has 2 rings (SSSR count). The summed E-state index contributed by atoms with van der Waals surface area (Å²) in [6, 6.07) is 12.9. The fourth-order valence-corrected chi connectivity index (χ4v) is 2.45. The number of aliphatic imine (C=N–C) groups is 1. The molecule has 0 fully saturated rings. The van der Waals surface area contributed by atoms with Crippen LogP contribution >= 0.6 is 0 Å². The van der Waals surface area contributed by atoms with Crippen molar-refractivity contribution in [1.29, 1.82) is 0 Å². The van der Waals surface area contributed by atoms with Crippen molar-refractivity contribution < 1.29 is 13.9 Å². The summed E-state index contributed by atoms with van der Waals surface area (Å²) in [4.78, 5) is 4.19. The first-order valence-electron chi connectivity index (χ1n) is 8.65. The Morgan fingerprint density at radius 1 is 1.08 bits per heavy atom. The first-order chi connectivity index (χ1) is 12.7. The van der Waals surface area contributed by atoms with E-state index < -0.39 is 0 Å². The molecule has 0 unspecified atom stereocenters. The molecule has 2 aromatic carbocycles. The summed E-state index contributed by atoms with van der Waals surface area (Å²) < 4.78 is 24.2. The van der Waals surface area contributed by atoms with Gasteiger partial charge in [0.25, 0.3) is 0 Å². The van der Waals surface area contributed by atoms with E-state index in [4.69, 9.17) is 9.47 Å². The van der Waals surface area contributed by atoms with Crippen LogP contribution < -0.4 is 20.1 Å². The van der Waals surface area contributed by atoms with Crippen molar-refractivity contribution in [3.8, 4) is 11.5 Å². The Hall–Kier alpha value is -2.76. The Balaban J connectivity index is 1.79. The number of halogens is 1. The summed E-state index contributed by atoms with van der Waals surface area (Å²) in [7, 11) is 3.37. The molecule has 26 heavy (non-hydrogen) atoms. The summed E-state index contributed by atoms with van der Waals surface area (Å²) in [5.74, 6) is 1.45. The number of hydrogen-bond acceptors (Lipinski definition) is 3. The van der Waals surface area contributed by atoms with Gasteiger partial charge in [-0.1, -0.05) is 18.2 Å². The van der Waals surface area contributed by atoms with Crippen molar-refractivity contribution in [2.45, 2.75) is 19.9 Å². The van der Waals surface area contributed by atoms with E-state index in [1.54, 1.807) is 20.2 Å². The van der Waals surface area contributed by atoms with E-state index in [9.17, 15) is 4.39 Å². The number of rotatable bonds is 8. The summed E-state index contributed by atoms with van der Waals surface area (Å²) >= 11 is 0. The molecule has 0 radical (unpaired) electrons. The van der Waals surface area contributed by atoms with E-state index in [0.29, 0.717) is 19.1 Å². The number of ether oxygens (including phenoxy) is 2. The number of hydrogen-bond donors (Lipinski definition) is 2. The van der Waals surface area contributed by atoms with Crippen LogP contribution in [0, 0.1) is 5.82 Å². The number of nitrogens with one attached hydrogen (secondary N) is 2. The standard InChI is InChI=1S/C20H26FN3O2/c1-4-26-19-10-7-16(13-18(19)21)14-24-20(22-2)23-12-11-15-5-8-17(25-3)9-6-15/h5-10,13H,4,11-12,14H2,1-3H3,(H2,22,23,24). The second-order valence-corrected chi connectivity index (χ2v) is 5.65. The van der Waals surface area contributed by atoms with E-state index in [1.807, 2.05) is 37.3 Å². The molecule has 0 saturated heterocycles. The molecular weight excluding hydrogens is 333 g/mol. The largest absolute Gasteiger partial charge is 0.497 e. The fourth-order valence-electron chi connectivity index (χ4n) is 2.45. The quantitative estimate of drug-likeness (QED) is 0.562. The molecule has 0 aromatic heterocycles. The van der Waals surface area contributed by atoms with Crippen LogP contribution in [0.1, 0.15) is 18.1 Å². The second kappa shape index (κ2) is 10.3. The van der Waals surface area contributed by atoms with Crippen LogP contribution in [-0.2, 0) is 13.0 Å². The molecule has 0 heterocycles. The van der Waals surface area contributed by atoms with Gasteiger partial charge >= 0.3 is 0 Å². The highest BCUT2D eigenvalue weighted by molar-refractivity contribution is 5.79. The average Bonchev–Trinajstić information content (AvgIpc) is 2.67. The molecule has 0 bridgehead atoms. The van der Waals surface area contributed by atoms with Gasteiger partial charge in [-0.25, -0.2) is 4.39 Å². The molecule has 5 nitrogen and oxygen atoms in total. The van der Waals surface area contributed by atoms with Crippen LogP contribution in [0.4, 0.5) is 4.39 Å². The minimum atomic E-state index is -0.353. The molecule has 0 spiro atoms. The van der Waals surface area contributed by atoms with Crippen molar-refractivity contribution in [3.05, 3.63) is 59.4 Å². The minimum Gasteiger partial charge on any atom is -0.497 e. The van der Waals surface area contributed by atoms with Crippen LogP contribution in [0.5, 0.6) is 11.5 Å². The highest BCUT2D eigenvalue weighted by atomic mass is 19.1. The van der Waals surface area contributed by atoms with Crippen molar-refractivity contribution in [1.82, 2.24) is 10.6 Å². The highest BCUT2D eigenvalue weighted by Gasteiger charge is 2.05. The van der Waals surface area contributed by atoms with Crippen LogP contribution in [0.15, 0.2) is 47.5 Å². The number of methoxy groups -OCH3 is 1. The van der Waals surface area contributed by atoms with E-state index in [0.717, 1.165) is 24.3 Å². The van der Waals surface area contributed by atoms with Crippen LogP contribution in [0.2, 0.25) is 0 Å². The minimum absolute atomic E-state index is 0.276. The van der Waals surface area contributed by atoms with E-state index in [2.05, 4.69) is 15.6 Å². The highest BCUT2D eigenvalue weighted by Crippen LogP contribution is 2.18. The van der Waals surface area contributed by atoms with Gasteiger partial charge in [0.05, 0.1) is 13.7 Å². The van der Waals surface area contributed by atoms with Crippen LogP contribution in [0.25, 0.3) is 0 Å². The summed E-state index contributed by atoms with van der Waals surface area (Å²) in [6.07, 6.45) is 0.863. The lowest BCUT2D eigenvalue weighted by Gasteiger charge is -2.13. The first-order valence-corrected chi connectivity index (χ1v) is 8.65. The number of benzene rings is 2. The topological polar surface area (TPSA) is 54.9 Å². The first kappa shape index (κ1) is 19.6. The SMILES string of the molecule is CCOc1ccc(CNC(=NC)NCCc2ccc(OC)cc2)cc1F. The molecule has 6 heteroatoms. The number of guanidine groups is 1. The molecule has 0 amide bonds. The number of nitrogens with zero attached hydrogens (tertiary/aromatic N) is 1. The maximum Gasteiger partial charge on any atom is 0.191 e. The predicted octanol–water partition coefficient (Wildman–Crippen LogP) is 3.14. The molecule has 0 aliphatic carbocycles. The Labute approximate surface area is 154 Å². The molecule has 0 aliphatic heterocycles. The Bertz CT molecular complexity index is 717. The van der Waals surface area contributed by atoms with Gasteiger partial charge in [0.2, 0.25) is 0 Å². The lowest BCUT2D eigenvalue weighted by molar-refractivity contribution is 0.321. The molecule has 2 N–H and O–H groups in total. The Kier molecular flexibility index (Phi) is 7.74. The zero-order valence-electron chi connectivity index (χ0n) is 15.5. The van der Waals surface area contributed by atoms with Gasteiger partial charge in [-0.3, -0.25) is 4.99 Å². The maximum absolute atomic E-state index is 13.9. The van der Waals surface area contributed by atoms with Gasteiger partial charge < -0.3 is 20.1 Å². The average molecular weight is 359 g/mol.